The van der Waals surface area contributed by atoms with Crippen molar-refractivity contribution in [2.45, 2.75) is 13.0 Å². The minimum Gasteiger partial charge on any atom is -0.322 e. The average molecular weight is 268 g/mol. The Morgan fingerprint density at radius 3 is 2.61 bits per heavy atom. The first-order valence-corrected chi connectivity index (χ1v) is 6.46. The SMILES string of the molecule is CC1CN(C(=O)Nc2ccc(Cl)cc2)CCN1C. The molecule has 1 aliphatic rings. The molecule has 1 unspecified atom stereocenters. The highest BCUT2D eigenvalue weighted by atomic mass is 35.5. The molecule has 1 saturated heterocycles. The highest BCUT2D eigenvalue weighted by Crippen LogP contribution is 2.15. The maximum absolute atomic E-state index is 12.1. The predicted octanol–water partition coefficient (Wildman–Crippen LogP) is 2.51. The van der Waals surface area contributed by atoms with Crippen LogP contribution in [0.25, 0.3) is 0 Å². The van der Waals surface area contributed by atoms with Gasteiger partial charge in [-0.2, -0.15) is 0 Å². The number of hydrogen-bond acceptors (Lipinski definition) is 2. The molecule has 0 aliphatic carbocycles. The zero-order valence-corrected chi connectivity index (χ0v) is 11.4. The fraction of sp³-hybridized carbons (Fsp3) is 0.462. The van der Waals surface area contributed by atoms with Gasteiger partial charge in [0.25, 0.3) is 0 Å². The van der Waals surface area contributed by atoms with Gasteiger partial charge in [0, 0.05) is 36.4 Å². The molecule has 0 radical (unpaired) electrons. The van der Waals surface area contributed by atoms with Crippen molar-refractivity contribution < 1.29 is 4.79 Å². The highest BCUT2D eigenvalue weighted by Gasteiger charge is 2.24. The van der Waals surface area contributed by atoms with Crippen LogP contribution in [-0.2, 0) is 0 Å². The lowest BCUT2D eigenvalue weighted by Crippen LogP contribution is -2.53. The number of hydrogen-bond donors (Lipinski definition) is 1. The van der Waals surface area contributed by atoms with Crippen LogP contribution in [0.4, 0.5) is 10.5 Å². The van der Waals surface area contributed by atoms with Crippen molar-refractivity contribution >= 4 is 23.3 Å². The van der Waals surface area contributed by atoms with Crippen LogP contribution in [-0.4, -0.2) is 48.6 Å². The van der Waals surface area contributed by atoms with Gasteiger partial charge in [0.05, 0.1) is 0 Å². The Hall–Kier alpha value is -1.26. The smallest absolute Gasteiger partial charge is 0.321 e. The summed E-state index contributed by atoms with van der Waals surface area (Å²) in [7, 11) is 2.08. The molecular weight excluding hydrogens is 250 g/mol. The number of nitrogens with zero attached hydrogens (tertiary/aromatic N) is 2. The van der Waals surface area contributed by atoms with Gasteiger partial charge in [-0.25, -0.2) is 4.79 Å². The van der Waals surface area contributed by atoms with Crippen molar-refractivity contribution in [1.29, 1.82) is 0 Å². The number of benzene rings is 1. The number of nitrogens with one attached hydrogen (secondary N) is 1. The molecule has 98 valence electrons. The van der Waals surface area contributed by atoms with Gasteiger partial charge in [0.15, 0.2) is 0 Å². The van der Waals surface area contributed by atoms with E-state index >= 15 is 0 Å². The minimum absolute atomic E-state index is 0.0442. The summed E-state index contributed by atoms with van der Waals surface area (Å²) in [5.41, 5.74) is 0.774. The summed E-state index contributed by atoms with van der Waals surface area (Å²) in [6.45, 7) is 4.56. The lowest BCUT2D eigenvalue weighted by atomic mass is 10.2. The largest absolute Gasteiger partial charge is 0.322 e. The molecule has 1 N–H and O–H groups in total. The molecule has 1 fully saturated rings. The summed E-state index contributed by atoms with van der Waals surface area (Å²) >= 11 is 5.80. The van der Waals surface area contributed by atoms with Crippen LogP contribution in [0.5, 0.6) is 0 Å². The first-order valence-electron chi connectivity index (χ1n) is 6.08. The van der Waals surface area contributed by atoms with E-state index in [2.05, 4.69) is 24.2 Å². The van der Waals surface area contributed by atoms with Gasteiger partial charge in [-0.3, -0.25) is 0 Å². The van der Waals surface area contributed by atoms with Crippen molar-refractivity contribution in [2.24, 2.45) is 0 Å². The van der Waals surface area contributed by atoms with E-state index in [-0.39, 0.29) is 6.03 Å². The Bertz CT molecular complexity index is 421. The fourth-order valence-corrected chi connectivity index (χ4v) is 2.09. The quantitative estimate of drug-likeness (QED) is 0.849. The number of halogens is 1. The topological polar surface area (TPSA) is 35.6 Å². The third-order valence-corrected chi connectivity index (χ3v) is 3.59. The molecular formula is C13H18ClN3O. The van der Waals surface area contributed by atoms with Crippen LogP contribution in [0.15, 0.2) is 24.3 Å². The molecule has 0 aromatic heterocycles. The molecule has 1 atom stereocenters. The lowest BCUT2D eigenvalue weighted by Gasteiger charge is -2.37. The molecule has 5 heteroatoms. The standard InChI is InChI=1S/C13H18ClN3O/c1-10-9-17(8-7-16(10)2)13(18)15-12-5-3-11(14)4-6-12/h3-6,10H,7-9H2,1-2H3,(H,15,18). The number of carbonyl (C=O) groups excluding carboxylic acids is 1. The molecule has 4 nitrogen and oxygen atoms in total. The van der Waals surface area contributed by atoms with Crippen LogP contribution in [0.3, 0.4) is 0 Å². The number of rotatable bonds is 1. The monoisotopic (exact) mass is 267 g/mol. The third kappa shape index (κ3) is 3.15. The summed E-state index contributed by atoms with van der Waals surface area (Å²) in [6.07, 6.45) is 0. The second-order valence-electron chi connectivity index (χ2n) is 4.71. The average Bonchev–Trinajstić information content (AvgIpc) is 2.35. The van der Waals surface area contributed by atoms with Crippen molar-refractivity contribution in [1.82, 2.24) is 9.80 Å². The summed E-state index contributed by atoms with van der Waals surface area (Å²) < 4.78 is 0. The summed E-state index contributed by atoms with van der Waals surface area (Å²) in [6, 6.07) is 7.50. The molecule has 0 saturated carbocycles. The van der Waals surface area contributed by atoms with Crippen LogP contribution in [0.1, 0.15) is 6.92 Å². The van der Waals surface area contributed by atoms with E-state index < -0.39 is 0 Å². The van der Waals surface area contributed by atoms with Crippen molar-refractivity contribution in [3.05, 3.63) is 29.3 Å². The molecule has 2 rings (SSSR count). The normalized spacial score (nSPS) is 20.8. The van der Waals surface area contributed by atoms with E-state index in [0.29, 0.717) is 11.1 Å². The Kier molecular flexibility index (Phi) is 4.09. The third-order valence-electron chi connectivity index (χ3n) is 3.34. The molecule has 1 aliphatic heterocycles. The molecule has 0 bridgehead atoms. The van der Waals surface area contributed by atoms with Gasteiger partial charge < -0.3 is 15.1 Å². The second kappa shape index (κ2) is 5.59. The highest BCUT2D eigenvalue weighted by molar-refractivity contribution is 6.30. The first-order chi connectivity index (χ1) is 8.56. The van der Waals surface area contributed by atoms with Gasteiger partial charge >= 0.3 is 6.03 Å². The molecule has 1 heterocycles. The number of likely N-dealkylation sites (N-methyl/N-ethyl adjacent to an activating group) is 1. The summed E-state index contributed by atoms with van der Waals surface area (Å²) in [5.74, 6) is 0. The number of amides is 2. The molecule has 2 amide bonds. The maximum atomic E-state index is 12.1. The number of urea groups is 1. The maximum Gasteiger partial charge on any atom is 0.321 e. The summed E-state index contributed by atoms with van der Waals surface area (Å²) in [4.78, 5) is 16.2. The lowest BCUT2D eigenvalue weighted by molar-refractivity contribution is 0.125. The fourth-order valence-electron chi connectivity index (χ4n) is 1.97. The Balaban J connectivity index is 1.94. The van der Waals surface area contributed by atoms with Gasteiger partial charge in [0.1, 0.15) is 0 Å². The van der Waals surface area contributed by atoms with Crippen LogP contribution in [0, 0.1) is 0 Å². The molecule has 1 aromatic rings. The van der Waals surface area contributed by atoms with Gasteiger partial charge in [0.2, 0.25) is 0 Å². The molecule has 0 spiro atoms. The zero-order valence-electron chi connectivity index (χ0n) is 10.7. The van der Waals surface area contributed by atoms with Crippen molar-refractivity contribution in [3.63, 3.8) is 0 Å². The molecule has 1 aromatic carbocycles. The van der Waals surface area contributed by atoms with Crippen LogP contribution < -0.4 is 5.32 Å². The van der Waals surface area contributed by atoms with Crippen molar-refractivity contribution in [2.75, 3.05) is 32.0 Å². The van der Waals surface area contributed by atoms with Crippen LogP contribution >= 0.6 is 11.6 Å². The van der Waals surface area contributed by atoms with Gasteiger partial charge in [-0.15, -0.1) is 0 Å². The molecule has 18 heavy (non-hydrogen) atoms. The minimum atomic E-state index is -0.0442. The first kappa shape index (κ1) is 13.2. The van der Waals surface area contributed by atoms with E-state index in [1.165, 1.54) is 0 Å². The predicted molar refractivity (Wildman–Crippen MR) is 74.1 cm³/mol. The Morgan fingerprint density at radius 1 is 1.33 bits per heavy atom. The van der Waals surface area contributed by atoms with E-state index in [1.54, 1.807) is 24.3 Å². The number of anilines is 1. The summed E-state index contributed by atoms with van der Waals surface area (Å²) in [5, 5.41) is 3.55. The zero-order chi connectivity index (χ0) is 13.1. The number of carbonyl (C=O) groups is 1. The number of piperazine rings is 1. The van der Waals surface area contributed by atoms with E-state index in [1.807, 2.05) is 4.90 Å². The van der Waals surface area contributed by atoms with Crippen LogP contribution in [0.2, 0.25) is 5.02 Å². The van der Waals surface area contributed by atoms with E-state index in [4.69, 9.17) is 11.6 Å². The van der Waals surface area contributed by atoms with Crippen molar-refractivity contribution in [3.8, 4) is 0 Å². The van der Waals surface area contributed by atoms with Gasteiger partial charge in [-0.05, 0) is 38.2 Å². The van der Waals surface area contributed by atoms with E-state index in [9.17, 15) is 4.79 Å². The van der Waals surface area contributed by atoms with E-state index in [0.717, 1.165) is 25.3 Å². The Morgan fingerprint density at radius 2 is 2.00 bits per heavy atom. The second-order valence-corrected chi connectivity index (χ2v) is 5.15. The van der Waals surface area contributed by atoms with Gasteiger partial charge in [-0.1, -0.05) is 11.6 Å². The Labute approximate surface area is 113 Å².